The Hall–Kier alpha value is -4.18. The van der Waals surface area contributed by atoms with E-state index in [-0.39, 0.29) is 36.4 Å². The predicted octanol–water partition coefficient (Wildman–Crippen LogP) is 4.62. The standard InChI is InChI=1S/C28H28FN5O3S/c1-18-4-5-19(2)24(14-18)34-25(16-30-26(35)15-20-6-12-23(37-3)13-7-20)32-33-28(34)38-17-27(36)31-22-10-8-21(29)9-11-22/h4-14H,15-17H2,1-3H3,(H,30,35)(H,31,36). The molecule has 0 spiro atoms. The summed E-state index contributed by atoms with van der Waals surface area (Å²) in [6.45, 7) is 4.14. The van der Waals surface area contributed by atoms with Crippen LogP contribution in [0.5, 0.6) is 5.75 Å². The fraction of sp³-hybridized carbons (Fsp3) is 0.214. The minimum absolute atomic E-state index is 0.0736. The Morgan fingerprint density at radius 3 is 2.42 bits per heavy atom. The van der Waals surface area contributed by atoms with Gasteiger partial charge in [-0.15, -0.1) is 10.2 Å². The van der Waals surface area contributed by atoms with Gasteiger partial charge in [-0.2, -0.15) is 0 Å². The van der Waals surface area contributed by atoms with Gasteiger partial charge >= 0.3 is 0 Å². The Morgan fingerprint density at radius 1 is 0.974 bits per heavy atom. The number of hydrogen-bond acceptors (Lipinski definition) is 6. The summed E-state index contributed by atoms with van der Waals surface area (Å²) < 4.78 is 20.2. The third-order valence-electron chi connectivity index (χ3n) is 5.73. The number of nitrogens with zero attached hydrogens (tertiary/aromatic N) is 3. The lowest BCUT2D eigenvalue weighted by molar-refractivity contribution is -0.120. The summed E-state index contributed by atoms with van der Waals surface area (Å²) in [5.41, 5.74) is 4.30. The summed E-state index contributed by atoms with van der Waals surface area (Å²) in [7, 11) is 1.60. The topological polar surface area (TPSA) is 98.1 Å². The van der Waals surface area contributed by atoms with Gasteiger partial charge in [-0.05, 0) is 73.0 Å². The molecule has 0 unspecified atom stereocenters. The average Bonchev–Trinajstić information content (AvgIpc) is 3.32. The van der Waals surface area contributed by atoms with E-state index >= 15 is 0 Å². The van der Waals surface area contributed by atoms with E-state index in [4.69, 9.17) is 4.74 Å². The van der Waals surface area contributed by atoms with E-state index in [1.54, 1.807) is 7.11 Å². The second-order valence-corrected chi connectivity index (χ2v) is 9.61. The Labute approximate surface area is 224 Å². The maximum Gasteiger partial charge on any atom is 0.234 e. The van der Waals surface area contributed by atoms with Gasteiger partial charge in [0.1, 0.15) is 11.6 Å². The first-order valence-corrected chi connectivity index (χ1v) is 12.9. The first-order chi connectivity index (χ1) is 18.3. The number of aromatic nitrogens is 3. The zero-order valence-corrected chi connectivity index (χ0v) is 22.1. The molecule has 1 aromatic heterocycles. The molecule has 2 amide bonds. The summed E-state index contributed by atoms with van der Waals surface area (Å²) in [6.07, 6.45) is 0.215. The minimum Gasteiger partial charge on any atom is -0.497 e. The third-order valence-corrected chi connectivity index (χ3v) is 6.66. The smallest absolute Gasteiger partial charge is 0.234 e. The molecular formula is C28H28FN5O3S. The molecule has 0 fully saturated rings. The molecule has 0 bridgehead atoms. The van der Waals surface area contributed by atoms with Gasteiger partial charge in [0.05, 0.1) is 31.5 Å². The van der Waals surface area contributed by atoms with E-state index in [9.17, 15) is 14.0 Å². The van der Waals surface area contributed by atoms with Gasteiger partial charge in [0.25, 0.3) is 0 Å². The number of amides is 2. The third kappa shape index (κ3) is 6.98. The zero-order valence-electron chi connectivity index (χ0n) is 21.3. The lowest BCUT2D eigenvalue weighted by Crippen LogP contribution is -2.26. The normalized spacial score (nSPS) is 10.7. The molecule has 4 aromatic rings. The lowest BCUT2D eigenvalue weighted by atomic mass is 10.1. The Kier molecular flexibility index (Phi) is 8.75. The maximum absolute atomic E-state index is 13.1. The molecule has 0 aliphatic heterocycles. The van der Waals surface area contributed by atoms with Crippen LogP contribution in [0.25, 0.3) is 5.69 Å². The first kappa shape index (κ1) is 26.9. The number of nitrogens with one attached hydrogen (secondary N) is 2. The maximum atomic E-state index is 13.1. The molecule has 3 aromatic carbocycles. The lowest BCUT2D eigenvalue weighted by Gasteiger charge is -2.14. The molecule has 38 heavy (non-hydrogen) atoms. The van der Waals surface area contributed by atoms with Gasteiger partial charge in [0, 0.05) is 5.69 Å². The number of aryl methyl sites for hydroxylation is 2. The Balaban J connectivity index is 1.48. The van der Waals surface area contributed by atoms with Crippen molar-refractivity contribution in [2.24, 2.45) is 0 Å². The van der Waals surface area contributed by atoms with Crippen LogP contribution in [0.3, 0.4) is 0 Å². The molecule has 1 heterocycles. The summed E-state index contributed by atoms with van der Waals surface area (Å²) in [5, 5.41) is 14.8. The average molecular weight is 534 g/mol. The van der Waals surface area contributed by atoms with E-state index in [1.165, 1.54) is 36.0 Å². The van der Waals surface area contributed by atoms with Gasteiger partial charge in [0.2, 0.25) is 11.8 Å². The molecule has 4 rings (SSSR count). The van der Waals surface area contributed by atoms with E-state index in [0.717, 1.165) is 28.1 Å². The van der Waals surface area contributed by atoms with Gasteiger partial charge in [0.15, 0.2) is 11.0 Å². The van der Waals surface area contributed by atoms with E-state index in [0.29, 0.717) is 16.7 Å². The monoisotopic (exact) mass is 533 g/mol. The highest BCUT2D eigenvalue weighted by atomic mass is 32.2. The summed E-state index contributed by atoms with van der Waals surface area (Å²) in [4.78, 5) is 25.2. The van der Waals surface area contributed by atoms with Crippen LogP contribution < -0.4 is 15.4 Å². The predicted molar refractivity (Wildman–Crippen MR) is 145 cm³/mol. The molecular weight excluding hydrogens is 505 g/mol. The quantitative estimate of drug-likeness (QED) is 0.289. The summed E-state index contributed by atoms with van der Waals surface area (Å²) in [6, 6.07) is 19.0. The number of hydrogen-bond donors (Lipinski definition) is 2. The van der Waals surface area contributed by atoms with Gasteiger partial charge in [-0.1, -0.05) is 36.0 Å². The van der Waals surface area contributed by atoms with E-state index < -0.39 is 0 Å². The molecule has 0 saturated heterocycles. The molecule has 0 radical (unpaired) electrons. The SMILES string of the molecule is COc1ccc(CC(=O)NCc2nnc(SCC(=O)Nc3ccc(F)cc3)n2-c2cc(C)ccc2C)cc1. The second kappa shape index (κ2) is 12.4. The number of thioether (sulfide) groups is 1. The molecule has 0 aliphatic carbocycles. The highest BCUT2D eigenvalue weighted by Crippen LogP contribution is 2.25. The molecule has 2 N–H and O–H groups in total. The largest absolute Gasteiger partial charge is 0.497 e. The highest BCUT2D eigenvalue weighted by Gasteiger charge is 2.18. The van der Waals surface area contributed by atoms with E-state index in [1.807, 2.05) is 60.9 Å². The van der Waals surface area contributed by atoms with Crippen LogP contribution in [0.4, 0.5) is 10.1 Å². The molecule has 10 heteroatoms. The fourth-order valence-corrected chi connectivity index (χ4v) is 4.50. The number of methoxy groups -OCH3 is 1. The van der Waals surface area contributed by atoms with Crippen molar-refractivity contribution in [2.75, 3.05) is 18.2 Å². The number of anilines is 1. The Morgan fingerprint density at radius 2 is 1.71 bits per heavy atom. The van der Waals surface area contributed by atoms with Crippen molar-refractivity contribution in [1.82, 2.24) is 20.1 Å². The van der Waals surface area contributed by atoms with Gasteiger partial charge in [-0.25, -0.2) is 4.39 Å². The summed E-state index contributed by atoms with van der Waals surface area (Å²) >= 11 is 1.23. The van der Waals surface area contributed by atoms with E-state index in [2.05, 4.69) is 20.8 Å². The first-order valence-electron chi connectivity index (χ1n) is 11.9. The van der Waals surface area contributed by atoms with Crippen LogP contribution in [0.2, 0.25) is 0 Å². The second-order valence-electron chi connectivity index (χ2n) is 8.67. The van der Waals surface area contributed by atoms with Crippen molar-refractivity contribution in [3.8, 4) is 11.4 Å². The number of ether oxygens (including phenoxy) is 1. The molecule has 196 valence electrons. The van der Waals surface area contributed by atoms with Crippen molar-refractivity contribution in [3.63, 3.8) is 0 Å². The molecule has 0 aliphatic rings. The van der Waals surface area contributed by atoms with Gasteiger partial charge < -0.3 is 15.4 Å². The number of halogens is 1. The summed E-state index contributed by atoms with van der Waals surface area (Å²) in [5.74, 6) is 0.563. The van der Waals surface area contributed by atoms with Crippen LogP contribution in [-0.2, 0) is 22.6 Å². The van der Waals surface area contributed by atoms with Crippen molar-refractivity contribution in [3.05, 3.63) is 95.1 Å². The molecule has 8 nitrogen and oxygen atoms in total. The number of rotatable bonds is 10. The van der Waals surface area contributed by atoms with Gasteiger partial charge in [-0.3, -0.25) is 14.2 Å². The number of carbonyl (C=O) groups is 2. The van der Waals surface area contributed by atoms with Crippen molar-refractivity contribution < 1.29 is 18.7 Å². The van der Waals surface area contributed by atoms with Crippen LogP contribution in [0.1, 0.15) is 22.5 Å². The molecule has 0 saturated carbocycles. The van der Waals surface area contributed by atoms with Crippen molar-refractivity contribution in [2.45, 2.75) is 32.0 Å². The van der Waals surface area contributed by atoms with Crippen LogP contribution >= 0.6 is 11.8 Å². The zero-order chi connectivity index (χ0) is 27.1. The minimum atomic E-state index is -0.373. The number of benzene rings is 3. The van der Waals surface area contributed by atoms with Crippen molar-refractivity contribution >= 4 is 29.3 Å². The van der Waals surface area contributed by atoms with Crippen LogP contribution in [0.15, 0.2) is 71.9 Å². The fourth-order valence-electron chi connectivity index (χ4n) is 3.74. The molecule has 0 atom stereocenters. The van der Waals surface area contributed by atoms with Crippen LogP contribution in [0, 0.1) is 19.7 Å². The highest BCUT2D eigenvalue weighted by molar-refractivity contribution is 7.99. The van der Waals surface area contributed by atoms with Crippen LogP contribution in [-0.4, -0.2) is 39.4 Å². The number of carbonyl (C=O) groups excluding carboxylic acids is 2. The Bertz CT molecular complexity index is 1420. The van der Waals surface area contributed by atoms with Crippen molar-refractivity contribution in [1.29, 1.82) is 0 Å².